The third kappa shape index (κ3) is 3.66. The van der Waals surface area contributed by atoms with Gasteiger partial charge in [-0.1, -0.05) is 40.8 Å². The number of pyridine rings is 1. The van der Waals surface area contributed by atoms with E-state index in [-0.39, 0.29) is 22.9 Å². The summed E-state index contributed by atoms with van der Waals surface area (Å²) in [5, 5.41) is 16.2. The second-order valence-corrected chi connectivity index (χ2v) is 10.5. The Morgan fingerprint density at radius 1 is 1.18 bits per heavy atom. The molecule has 2 aliphatic rings. The Morgan fingerprint density at radius 3 is 2.76 bits per heavy atom. The number of nitrogens with zero attached hydrogens (tertiary/aromatic N) is 3. The largest absolute Gasteiger partial charge is 0.491 e. The highest BCUT2D eigenvalue weighted by Gasteiger charge is 2.54. The molecule has 9 heteroatoms. The SMILES string of the molecule is O=C(NC1CC2(C1)CC(c1n[nH]c(=O)c3ccccc13)C2)c1cnn2cc(OCCI)ccc12. The number of hydrogen-bond donors (Lipinski definition) is 2. The minimum atomic E-state index is -0.142. The maximum absolute atomic E-state index is 12.9. The number of alkyl halides is 1. The van der Waals surface area contributed by atoms with E-state index in [2.05, 4.69) is 43.2 Å². The van der Waals surface area contributed by atoms with Crippen LogP contribution in [-0.4, -0.2) is 42.8 Å². The molecule has 3 heterocycles. The van der Waals surface area contributed by atoms with Gasteiger partial charge in [0, 0.05) is 21.8 Å². The first-order valence-corrected chi connectivity index (χ1v) is 13.0. The molecule has 2 aliphatic carbocycles. The van der Waals surface area contributed by atoms with E-state index in [1.807, 2.05) is 36.4 Å². The summed E-state index contributed by atoms with van der Waals surface area (Å²) in [4.78, 5) is 25.0. The lowest BCUT2D eigenvalue weighted by atomic mass is 9.49. The molecule has 3 aromatic heterocycles. The molecule has 0 aliphatic heterocycles. The van der Waals surface area contributed by atoms with Crippen molar-refractivity contribution in [1.82, 2.24) is 25.1 Å². The Labute approximate surface area is 209 Å². The monoisotopic (exact) mass is 569 g/mol. The molecule has 0 saturated heterocycles. The lowest BCUT2D eigenvalue weighted by molar-refractivity contribution is -0.0196. The van der Waals surface area contributed by atoms with Gasteiger partial charge in [-0.2, -0.15) is 10.2 Å². The summed E-state index contributed by atoms with van der Waals surface area (Å²) < 4.78 is 8.24. The highest BCUT2D eigenvalue weighted by Crippen LogP contribution is 2.62. The summed E-state index contributed by atoms with van der Waals surface area (Å²) in [6, 6.07) is 11.6. The molecule has 0 unspecified atom stereocenters. The van der Waals surface area contributed by atoms with Crippen molar-refractivity contribution >= 4 is 44.8 Å². The van der Waals surface area contributed by atoms with E-state index in [1.54, 1.807) is 16.9 Å². The number of aromatic nitrogens is 4. The number of hydrogen-bond acceptors (Lipinski definition) is 5. The number of nitrogens with one attached hydrogen (secondary N) is 2. The number of amides is 1. The number of aromatic amines is 1. The van der Waals surface area contributed by atoms with Gasteiger partial charge in [-0.3, -0.25) is 9.59 Å². The summed E-state index contributed by atoms with van der Waals surface area (Å²) in [6.07, 6.45) is 7.46. The van der Waals surface area contributed by atoms with E-state index < -0.39 is 0 Å². The van der Waals surface area contributed by atoms with Crippen LogP contribution in [0.25, 0.3) is 16.3 Å². The number of ether oxygens (including phenoxy) is 1. The second-order valence-electron chi connectivity index (χ2n) is 9.46. The molecule has 34 heavy (non-hydrogen) atoms. The van der Waals surface area contributed by atoms with Gasteiger partial charge in [-0.15, -0.1) is 0 Å². The molecule has 0 atom stereocenters. The molecule has 0 radical (unpaired) electrons. The third-order valence-corrected chi connectivity index (χ3v) is 7.69. The van der Waals surface area contributed by atoms with Crippen molar-refractivity contribution < 1.29 is 9.53 Å². The van der Waals surface area contributed by atoms with Crippen LogP contribution >= 0.6 is 22.6 Å². The van der Waals surface area contributed by atoms with Crippen molar-refractivity contribution in [1.29, 1.82) is 0 Å². The first kappa shape index (κ1) is 21.6. The molecule has 174 valence electrons. The fourth-order valence-electron chi connectivity index (χ4n) is 5.69. The van der Waals surface area contributed by atoms with Crippen LogP contribution in [0.5, 0.6) is 5.75 Å². The van der Waals surface area contributed by atoms with E-state index in [9.17, 15) is 9.59 Å². The smallest absolute Gasteiger partial charge is 0.272 e. The van der Waals surface area contributed by atoms with Crippen LogP contribution in [0.2, 0.25) is 0 Å². The van der Waals surface area contributed by atoms with Gasteiger partial charge in [-0.05, 0) is 49.3 Å². The maximum atomic E-state index is 12.9. The summed E-state index contributed by atoms with van der Waals surface area (Å²) in [5.74, 6) is 1.01. The zero-order chi connectivity index (χ0) is 23.3. The first-order valence-electron chi connectivity index (χ1n) is 11.5. The van der Waals surface area contributed by atoms with Gasteiger partial charge in [0.25, 0.3) is 11.5 Å². The van der Waals surface area contributed by atoms with Crippen molar-refractivity contribution in [2.45, 2.75) is 37.6 Å². The van der Waals surface area contributed by atoms with Crippen molar-refractivity contribution in [3.8, 4) is 5.75 Å². The quantitative estimate of drug-likeness (QED) is 0.272. The molecular formula is C25H24IN5O3. The summed E-state index contributed by atoms with van der Waals surface area (Å²) in [5.41, 5.74) is 2.47. The number of benzene rings is 1. The highest BCUT2D eigenvalue weighted by atomic mass is 127. The normalized spacial score (nSPS) is 23.6. The molecule has 2 fully saturated rings. The molecule has 2 N–H and O–H groups in total. The highest BCUT2D eigenvalue weighted by molar-refractivity contribution is 14.1. The van der Waals surface area contributed by atoms with Crippen LogP contribution in [0.15, 0.2) is 53.6 Å². The Bertz CT molecular complexity index is 1450. The van der Waals surface area contributed by atoms with E-state index >= 15 is 0 Å². The third-order valence-electron chi connectivity index (χ3n) is 7.24. The van der Waals surface area contributed by atoms with Crippen LogP contribution < -0.4 is 15.6 Å². The second kappa shape index (κ2) is 8.37. The van der Waals surface area contributed by atoms with E-state index in [1.165, 1.54) is 0 Å². The Morgan fingerprint density at radius 2 is 1.97 bits per heavy atom. The Kier molecular flexibility index (Phi) is 5.31. The molecule has 1 amide bonds. The minimum Gasteiger partial charge on any atom is -0.491 e. The molecule has 4 aromatic rings. The van der Waals surface area contributed by atoms with Crippen LogP contribution in [0, 0.1) is 5.41 Å². The van der Waals surface area contributed by atoms with Gasteiger partial charge in [0.2, 0.25) is 0 Å². The number of H-pyrrole nitrogens is 1. The fraction of sp³-hybridized carbons (Fsp3) is 0.360. The molecule has 0 bridgehead atoms. The zero-order valence-corrected chi connectivity index (χ0v) is 20.6. The van der Waals surface area contributed by atoms with E-state index in [0.717, 1.165) is 52.5 Å². The number of fused-ring (bicyclic) bond motifs is 2. The molecule has 1 aromatic carbocycles. The number of carbonyl (C=O) groups excluding carboxylic acids is 1. The van der Waals surface area contributed by atoms with Crippen LogP contribution in [0.4, 0.5) is 0 Å². The predicted molar refractivity (Wildman–Crippen MR) is 137 cm³/mol. The van der Waals surface area contributed by atoms with Gasteiger partial charge in [0.05, 0.1) is 41.2 Å². The Hall–Kier alpha value is -2.95. The lowest BCUT2D eigenvalue weighted by Gasteiger charge is -2.57. The summed E-state index contributed by atoms with van der Waals surface area (Å²) >= 11 is 2.27. The van der Waals surface area contributed by atoms with Gasteiger partial charge < -0.3 is 10.1 Å². The Balaban J connectivity index is 1.08. The lowest BCUT2D eigenvalue weighted by Crippen LogP contribution is -2.55. The predicted octanol–water partition coefficient (Wildman–Crippen LogP) is 3.84. The minimum absolute atomic E-state index is 0.0834. The van der Waals surface area contributed by atoms with Gasteiger partial charge in [0.1, 0.15) is 5.75 Å². The van der Waals surface area contributed by atoms with Crippen molar-refractivity contribution in [2.75, 3.05) is 11.0 Å². The van der Waals surface area contributed by atoms with E-state index in [4.69, 9.17) is 4.74 Å². The van der Waals surface area contributed by atoms with Crippen LogP contribution in [0.3, 0.4) is 0 Å². The maximum Gasteiger partial charge on any atom is 0.272 e. The van der Waals surface area contributed by atoms with Gasteiger partial charge in [0.15, 0.2) is 0 Å². The summed E-state index contributed by atoms with van der Waals surface area (Å²) in [6.45, 7) is 0.638. The average molecular weight is 569 g/mol. The van der Waals surface area contributed by atoms with Gasteiger partial charge >= 0.3 is 0 Å². The molecular weight excluding hydrogens is 545 g/mol. The number of halogens is 1. The van der Waals surface area contributed by atoms with E-state index in [0.29, 0.717) is 23.5 Å². The average Bonchev–Trinajstić information content (AvgIpc) is 3.23. The van der Waals surface area contributed by atoms with Gasteiger partial charge in [-0.25, -0.2) is 9.61 Å². The molecule has 2 saturated carbocycles. The van der Waals surface area contributed by atoms with Crippen LogP contribution in [0.1, 0.15) is 47.7 Å². The first-order chi connectivity index (χ1) is 16.5. The topological polar surface area (TPSA) is 101 Å². The van der Waals surface area contributed by atoms with Crippen LogP contribution in [-0.2, 0) is 0 Å². The molecule has 6 rings (SSSR count). The zero-order valence-electron chi connectivity index (χ0n) is 18.5. The standard InChI is InChI=1S/C25H24IN5O3/c26-7-8-34-17-5-6-21-20(13-27-31(21)14-17)23(32)28-16-11-25(12-16)9-15(10-25)22-18-3-1-2-4-19(18)24(33)30-29-22/h1-6,13-16H,7-12H2,(H,28,32)(H,30,33). The van der Waals surface area contributed by atoms with Crippen molar-refractivity contribution in [2.24, 2.45) is 5.41 Å². The van der Waals surface area contributed by atoms with Crippen molar-refractivity contribution in [3.05, 3.63) is 70.4 Å². The number of rotatable bonds is 6. The molecule has 8 nitrogen and oxygen atoms in total. The fourth-order valence-corrected chi connectivity index (χ4v) is 5.91. The summed E-state index contributed by atoms with van der Waals surface area (Å²) in [7, 11) is 0. The molecule has 1 spiro atoms. The number of carbonyl (C=O) groups is 1. The van der Waals surface area contributed by atoms with Crippen molar-refractivity contribution in [3.63, 3.8) is 0 Å².